The summed E-state index contributed by atoms with van der Waals surface area (Å²) >= 11 is 11.4. The van der Waals surface area contributed by atoms with Crippen LogP contribution in [0.4, 0.5) is 0 Å². The molecule has 0 heterocycles. The van der Waals surface area contributed by atoms with Crippen molar-refractivity contribution in [1.82, 2.24) is 0 Å². The van der Waals surface area contributed by atoms with Gasteiger partial charge in [-0.15, -0.1) is 0 Å². The van der Waals surface area contributed by atoms with Gasteiger partial charge in [0.15, 0.2) is 0 Å². The van der Waals surface area contributed by atoms with Crippen molar-refractivity contribution >= 4 is 23.2 Å². The Morgan fingerprint density at radius 2 is 2.00 bits per heavy atom. The first-order valence-electron chi connectivity index (χ1n) is 4.20. The van der Waals surface area contributed by atoms with Crippen molar-refractivity contribution < 1.29 is 10.0 Å². The molecular weight excluding hydrogens is 241 g/mol. The van der Waals surface area contributed by atoms with E-state index in [0.717, 1.165) is 0 Å². The van der Waals surface area contributed by atoms with Crippen LogP contribution in [0, 0.1) is 10.1 Å². The van der Waals surface area contributed by atoms with Crippen LogP contribution in [0.1, 0.15) is 18.6 Å². The van der Waals surface area contributed by atoms with E-state index in [1.807, 2.05) is 0 Å². The number of aliphatic hydroxyl groups is 1. The first-order valence-corrected chi connectivity index (χ1v) is 4.95. The average molecular weight is 250 g/mol. The molecule has 0 aliphatic carbocycles. The fourth-order valence-corrected chi connectivity index (χ4v) is 1.40. The number of aliphatic hydroxyl groups excluding tert-OH is 1. The summed E-state index contributed by atoms with van der Waals surface area (Å²) in [6.45, 7) is 1.33. The molecule has 4 nitrogen and oxygen atoms in total. The van der Waals surface area contributed by atoms with Crippen LogP contribution in [0.2, 0.25) is 10.0 Å². The number of nitrogens with zero attached hydrogens (tertiary/aromatic N) is 1. The zero-order valence-electron chi connectivity index (χ0n) is 7.85. The molecule has 0 aliphatic rings. The van der Waals surface area contributed by atoms with Gasteiger partial charge in [0, 0.05) is 11.8 Å². The van der Waals surface area contributed by atoms with E-state index in [0.29, 0.717) is 10.6 Å². The van der Waals surface area contributed by atoms with E-state index in [4.69, 9.17) is 23.2 Å². The summed E-state index contributed by atoms with van der Waals surface area (Å²) in [5.41, 5.74) is 0.383. The highest BCUT2D eigenvalue weighted by Gasteiger charge is 2.26. The van der Waals surface area contributed by atoms with Gasteiger partial charge in [0.1, 0.15) is 6.10 Å². The van der Waals surface area contributed by atoms with Crippen LogP contribution in [-0.2, 0) is 0 Å². The molecule has 0 saturated heterocycles. The largest absolute Gasteiger partial charge is 0.381 e. The summed E-state index contributed by atoms with van der Waals surface area (Å²) in [5, 5.41) is 20.7. The minimum atomic E-state index is -1.19. The Kier molecular flexibility index (Phi) is 3.90. The molecule has 82 valence electrons. The zero-order valence-corrected chi connectivity index (χ0v) is 9.37. The standard InChI is InChI=1S/C9H9Cl2NO3/c1-5(12(14)15)9(13)6-2-3-7(10)8(11)4-6/h2-5,9,13H,1H3. The molecule has 1 aromatic rings. The van der Waals surface area contributed by atoms with Gasteiger partial charge in [-0.2, -0.15) is 0 Å². The number of nitro groups is 1. The summed E-state index contributed by atoms with van der Waals surface area (Å²) in [5.74, 6) is 0. The van der Waals surface area contributed by atoms with Crippen molar-refractivity contribution in [3.05, 3.63) is 43.9 Å². The molecule has 6 heteroatoms. The predicted molar refractivity (Wildman–Crippen MR) is 57.9 cm³/mol. The molecule has 0 radical (unpaired) electrons. The molecular formula is C9H9Cl2NO3. The van der Waals surface area contributed by atoms with Gasteiger partial charge in [-0.1, -0.05) is 29.3 Å². The second-order valence-corrected chi connectivity index (χ2v) is 3.96. The first kappa shape index (κ1) is 12.2. The first-order chi connectivity index (χ1) is 6.93. The van der Waals surface area contributed by atoms with Crippen LogP contribution in [0.15, 0.2) is 18.2 Å². The Balaban J connectivity index is 2.96. The molecule has 2 unspecified atom stereocenters. The lowest BCUT2D eigenvalue weighted by Gasteiger charge is -2.12. The highest BCUT2D eigenvalue weighted by molar-refractivity contribution is 6.42. The molecule has 1 aromatic carbocycles. The zero-order chi connectivity index (χ0) is 11.6. The van der Waals surface area contributed by atoms with Crippen molar-refractivity contribution in [3.63, 3.8) is 0 Å². The molecule has 0 amide bonds. The van der Waals surface area contributed by atoms with Crippen molar-refractivity contribution in [3.8, 4) is 0 Å². The van der Waals surface area contributed by atoms with E-state index in [1.165, 1.54) is 25.1 Å². The summed E-state index contributed by atoms with van der Waals surface area (Å²) in [6, 6.07) is 3.35. The summed E-state index contributed by atoms with van der Waals surface area (Å²) in [6.07, 6.45) is -1.19. The highest BCUT2D eigenvalue weighted by atomic mass is 35.5. The maximum Gasteiger partial charge on any atom is 0.239 e. The van der Waals surface area contributed by atoms with Crippen molar-refractivity contribution in [1.29, 1.82) is 0 Å². The van der Waals surface area contributed by atoms with E-state index in [1.54, 1.807) is 0 Å². The third-order valence-corrected chi connectivity index (χ3v) is 2.81. The molecule has 0 fully saturated rings. The molecule has 0 aromatic heterocycles. The van der Waals surface area contributed by atoms with Gasteiger partial charge in [-0.25, -0.2) is 0 Å². The van der Waals surface area contributed by atoms with E-state index < -0.39 is 17.1 Å². The van der Waals surface area contributed by atoms with Gasteiger partial charge in [-0.05, 0) is 17.7 Å². The Hall–Kier alpha value is -0.840. The Labute approximate surface area is 96.6 Å². The summed E-state index contributed by atoms with van der Waals surface area (Å²) < 4.78 is 0. The molecule has 0 spiro atoms. The van der Waals surface area contributed by atoms with Gasteiger partial charge in [0.05, 0.1) is 10.0 Å². The number of halogens is 2. The number of hydrogen-bond donors (Lipinski definition) is 1. The molecule has 15 heavy (non-hydrogen) atoms. The van der Waals surface area contributed by atoms with Crippen LogP contribution in [0.25, 0.3) is 0 Å². The predicted octanol–water partition coefficient (Wildman–Crippen LogP) is 2.69. The minimum absolute atomic E-state index is 0.267. The third kappa shape index (κ3) is 2.81. The quantitative estimate of drug-likeness (QED) is 0.662. The van der Waals surface area contributed by atoms with Crippen molar-refractivity contribution in [2.75, 3.05) is 0 Å². The Morgan fingerprint density at radius 3 is 2.47 bits per heavy atom. The maximum absolute atomic E-state index is 10.5. The lowest BCUT2D eigenvalue weighted by atomic mass is 10.0. The van der Waals surface area contributed by atoms with Crippen LogP contribution in [-0.4, -0.2) is 16.1 Å². The van der Waals surface area contributed by atoms with E-state index in [-0.39, 0.29) is 5.02 Å². The van der Waals surface area contributed by atoms with Crippen LogP contribution in [0.5, 0.6) is 0 Å². The third-order valence-electron chi connectivity index (χ3n) is 2.07. The molecule has 0 saturated carbocycles. The average Bonchev–Trinajstić information content (AvgIpc) is 2.19. The van der Waals surface area contributed by atoms with Gasteiger partial charge >= 0.3 is 0 Å². The van der Waals surface area contributed by atoms with Crippen molar-refractivity contribution in [2.45, 2.75) is 19.1 Å². The second kappa shape index (κ2) is 4.79. The van der Waals surface area contributed by atoms with Gasteiger partial charge < -0.3 is 5.11 Å². The van der Waals surface area contributed by atoms with Crippen LogP contribution < -0.4 is 0 Å². The van der Waals surface area contributed by atoms with E-state index in [2.05, 4.69) is 0 Å². The maximum atomic E-state index is 10.5. The summed E-state index contributed by atoms with van der Waals surface area (Å²) in [4.78, 5) is 9.90. The number of benzene rings is 1. The van der Waals surface area contributed by atoms with Crippen LogP contribution >= 0.6 is 23.2 Å². The van der Waals surface area contributed by atoms with Gasteiger partial charge in [-0.3, -0.25) is 10.1 Å². The van der Waals surface area contributed by atoms with Gasteiger partial charge in [0.25, 0.3) is 0 Å². The number of rotatable bonds is 3. The minimum Gasteiger partial charge on any atom is -0.381 e. The normalized spacial score (nSPS) is 14.7. The lowest BCUT2D eigenvalue weighted by molar-refractivity contribution is -0.531. The van der Waals surface area contributed by atoms with E-state index in [9.17, 15) is 15.2 Å². The molecule has 0 bridgehead atoms. The fourth-order valence-electron chi connectivity index (χ4n) is 1.09. The Morgan fingerprint density at radius 1 is 1.40 bits per heavy atom. The second-order valence-electron chi connectivity index (χ2n) is 3.14. The fraction of sp³-hybridized carbons (Fsp3) is 0.333. The van der Waals surface area contributed by atoms with Crippen molar-refractivity contribution in [2.24, 2.45) is 0 Å². The monoisotopic (exact) mass is 249 g/mol. The topological polar surface area (TPSA) is 63.4 Å². The molecule has 1 rings (SSSR count). The Bertz CT molecular complexity index is 384. The molecule has 2 atom stereocenters. The SMILES string of the molecule is CC(C(O)c1ccc(Cl)c(Cl)c1)[N+](=O)[O-]. The smallest absolute Gasteiger partial charge is 0.239 e. The van der Waals surface area contributed by atoms with E-state index >= 15 is 0 Å². The highest BCUT2D eigenvalue weighted by Crippen LogP contribution is 2.27. The van der Waals surface area contributed by atoms with Crippen LogP contribution in [0.3, 0.4) is 0 Å². The lowest BCUT2D eigenvalue weighted by Crippen LogP contribution is -2.23. The molecule has 0 aliphatic heterocycles. The number of hydrogen-bond acceptors (Lipinski definition) is 3. The van der Waals surface area contributed by atoms with Gasteiger partial charge in [0.2, 0.25) is 6.04 Å². The summed E-state index contributed by atoms with van der Waals surface area (Å²) in [7, 11) is 0. The molecule has 1 N–H and O–H groups in total.